The second-order valence-corrected chi connectivity index (χ2v) is 19.7. The van der Waals surface area contributed by atoms with Crippen LogP contribution in [-0.2, 0) is 66.3 Å². The Kier molecular flexibility index (Phi) is 20.8. The van der Waals surface area contributed by atoms with E-state index in [0.717, 1.165) is 0 Å². The Balaban J connectivity index is 1.08. The SMILES string of the molecule is NC[C@H]1O[C@@H]2O[C@H]3[C@H](O)[C@@H](O)[C@@H](O[C@H]4[C@H](O)[C@@H](O)[C@@H](O[C@H]5[C@H](O)[C@@H](O)[C@@H](O[C@H]6[C@H](O)[C@@H](O)[C@@H](O[C@H]7[C@H](O)[C@@H](O)[C@@H](O[C@H]8[C@H](O)[C@@H](O)[C@@H](O[C@H]1[C@H](O)[C@H]2O)O[C@@H]8CO)O[C@@H]7CO)O[C@@H]6CO)O[C@@H]5CO)O[C@@H]4CO)O[C@@H]3CO. The van der Waals surface area contributed by atoms with Gasteiger partial charge in [0.15, 0.2) is 44.0 Å². The summed E-state index contributed by atoms with van der Waals surface area (Å²) in [7, 11) is 0. The summed E-state index contributed by atoms with van der Waals surface area (Å²) in [6.45, 7) is -6.75. The van der Waals surface area contributed by atoms with E-state index in [0.29, 0.717) is 0 Å². The highest BCUT2D eigenvalue weighted by Gasteiger charge is 2.59. The lowest BCUT2D eigenvalue weighted by molar-refractivity contribution is -0.396. The smallest absolute Gasteiger partial charge is 0.187 e. The van der Waals surface area contributed by atoms with Crippen molar-refractivity contribution in [3.05, 3.63) is 0 Å². The molecule has 0 aromatic heterocycles. The zero-order valence-corrected chi connectivity index (χ0v) is 40.4. The van der Waals surface area contributed by atoms with Gasteiger partial charge < -0.3 is 174 Å². The molecule has 0 aliphatic carbocycles. The molecule has 0 radical (unpaired) electrons. The van der Waals surface area contributed by atoms with Crippen LogP contribution in [0.15, 0.2) is 0 Å². The summed E-state index contributed by atoms with van der Waals surface area (Å²) in [4.78, 5) is 0. The average molecular weight is 1130 g/mol. The quantitative estimate of drug-likeness (QED) is 0.113. The molecule has 35 atom stereocenters. The Labute approximate surface area is 434 Å². The first-order valence-electron chi connectivity index (χ1n) is 24.7. The van der Waals surface area contributed by atoms with Crippen molar-refractivity contribution in [3.8, 4) is 0 Å². The maximum atomic E-state index is 11.4. The second-order valence-electron chi connectivity index (χ2n) is 19.7. The lowest BCUT2D eigenvalue weighted by Crippen LogP contribution is -2.68. The summed E-state index contributed by atoms with van der Waals surface area (Å²) < 4.78 is 79.9. The van der Waals surface area contributed by atoms with Crippen molar-refractivity contribution in [2.75, 3.05) is 46.2 Å². The summed E-state index contributed by atoms with van der Waals surface area (Å²) in [5.74, 6) is 0. The van der Waals surface area contributed by atoms with Crippen LogP contribution in [0.2, 0.25) is 0 Å². The van der Waals surface area contributed by atoms with Crippen molar-refractivity contribution in [3.63, 3.8) is 0 Å². The fourth-order valence-electron chi connectivity index (χ4n) is 10.5. The van der Waals surface area contributed by atoms with Gasteiger partial charge in [0, 0.05) is 6.54 Å². The van der Waals surface area contributed by atoms with E-state index in [1.807, 2.05) is 0 Å². The summed E-state index contributed by atoms with van der Waals surface area (Å²) in [6.07, 6.45) is -69.2. The van der Waals surface area contributed by atoms with Crippen LogP contribution in [0.5, 0.6) is 0 Å². The van der Waals surface area contributed by atoms with E-state index in [1.54, 1.807) is 0 Å². The third-order valence-electron chi connectivity index (χ3n) is 14.8. The molecule has 35 nitrogen and oxygen atoms in total. The van der Waals surface area contributed by atoms with Gasteiger partial charge in [-0.25, -0.2) is 0 Å². The van der Waals surface area contributed by atoms with Gasteiger partial charge in [0.1, 0.15) is 171 Å². The molecule has 21 saturated heterocycles. The van der Waals surface area contributed by atoms with Gasteiger partial charge in [-0.05, 0) is 0 Å². The van der Waals surface area contributed by atoms with Crippen LogP contribution in [0.3, 0.4) is 0 Å². The Bertz CT molecular complexity index is 1470. The highest BCUT2D eigenvalue weighted by molar-refractivity contribution is 5.02. The van der Waals surface area contributed by atoms with Crippen LogP contribution in [0.25, 0.3) is 0 Å². The minimum Gasteiger partial charge on any atom is -0.394 e. The molecule has 0 aromatic rings. The summed E-state index contributed by atoms with van der Waals surface area (Å²) >= 11 is 0. The standard InChI is InChI=1S/C42H71NO34/c43-1-8-29-15(50)22(57)36(64-8)72-30-9(2-44)66-38(24(59)17(30)52)74-32-11(4-46)68-40(26(61)19(32)54)76-34-13(6-48)70-42(28(63)21(34)56)77-35-14(7-49)69-41(27(62)20(35)55)75-33-12(5-47)67-39(25(60)18(33)53)73-31-10(3-45)65-37(71-29)23(58)16(31)51/h8-42,44-63H,1-7,43H2/t8-,9-,10-,11-,12-,13-,14-,15-,16-,17-,18-,19-,20-,21-,22-,23-,24-,25-,26-,27-,28-,29-,30-,31-,32-,33-,34-,35-,36-,37-,38-,39-,40-,41-,42-/m1/s1. The molecule has 22 N–H and O–H groups in total. The molecule has 77 heavy (non-hydrogen) atoms. The topological polar surface area (TPSA) is 560 Å². The second kappa shape index (κ2) is 26.0. The van der Waals surface area contributed by atoms with Crippen molar-refractivity contribution >= 4 is 0 Å². The third kappa shape index (κ3) is 12.1. The maximum absolute atomic E-state index is 11.4. The molecule has 0 saturated carbocycles. The van der Waals surface area contributed by atoms with Crippen molar-refractivity contribution in [2.24, 2.45) is 5.73 Å². The average Bonchev–Trinajstić information content (AvgIpc) is 3.45. The van der Waals surface area contributed by atoms with E-state index >= 15 is 0 Å². The van der Waals surface area contributed by atoms with Crippen molar-refractivity contribution in [2.45, 2.75) is 215 Å². The summed E-state index contributed by atoms with van der Waals surface area (Å²) in [5.41, 5.74) is 5.94. The molecular weight excluding hydrogens is 1060 g/mol. The van der Waals surface area contributed by atoms with Crippen molar-refractivity contribution in [1.29, 1.82) is 0 Å². The molecule has 0 aromatic carbocycles. The van der Waals surface area contributed by atoms with E-state index < -0.39 is 261 Å². The fourth-order valence-corrected chi connectivity index (χ4v) is 10.5. The van der Waals surface area contributed by atoms with Gasteiger partial charge in [-0.2, -0.15) is 0 Å². The molecule has 21 aliphatic heterocycles. The van der Waals surface area contributed by atoms with E-state index in [1.165, 1.54) is 0 Å². The Morgan fingerprint density at radius 1 is 0.195 bits per heavy atom. The Morgan fingerprint density at radius 3 is 0.455 bits per heavy atom. The summed E-state index contributed by atoms with van der Waals surface area (Å²) in [6, 6.07) is 0. The first kappa shape index (κ1) is 61.7. The molecule has 448 valence electrons. The number of aliphatic hydroxyl groups is 20. The van der Waals surface area contributed by atoms with Crippen molar-refractivity contribution < 1.29 is 168 Å². The van der Waals surface area contributed by atoms with E-state index in [-0.39, 0.29) is 0 Å². The van der Waals surface area contributed by atoms with Gasteiger partial charge in [0.05, 0.1) is 39.6 Å². The van der Waals surface area contributed by atoms with Crippen LogP contribution >= 0.6 is 0 Å². The Hall–Kier alpha value is -1.40. The largest absolute Gasteiger partial charge is 0.394 e. The Morgan fingerprint density at radius 2 is 0.325 bits per heavy atom. The van der Waals surface area contributed by atoms with Gasteiger partial charge in [-0.1, -0.05) is 0 Å². The van der Waals surface area contributed by atoms with Crippen LogP contribution in [-0.4, -0.2) is 363 Å². The predicted molar refractivity (Wildman–Crippen MR) is 230 cm³/mol. The number of nitrogens with two attached hydrogens (primary N) is 1. The number of hydrogen-bond donors (Lipinski definition) is 21. The van der Waals surface area contributed by atoms with Gasteiger partial charge >= 0.3 is 0 Å². The zero-order valence-electron chi connectivity index (χ0n) is 40.4. The van der Waals surface area contributed by atoms with Gasteiger partial charge in [-0.3, -0.25) is 0 Å². The molecule has 21 aliphatic rings. The molecule has 14 bridgehead atoms. The zero-order chi connectivity index (χ0) is 56.1. The van der Waals surface area contributed by atoms with Gasteiger partial charge in [0.2, 0.25) is 0 Å². The monoisotopic (exact) mass is 1130 g/mol. The highest BCUT2D eigenvalue weighted by Crippen LogP contribution is 2.39. The van der Waals surface area contributed by atoms with E-state index in [9.17, 15) is 102 Å². The van der Waals surface area contributed by atoms with E-state index in [4.69, 9.17) is 72.0 Å². The normalized spacial score (nSPS) is 55.4. The number of rotatable bonds is 7. The minimum absolute atomic E-state index is 0.547. The van der Waals surface area contributed by atoms with Crippen LogP contribution in [0, 0.1) is 0 Å². The molecule has 35 heteroatoms. The van der Waals surface area contributed by atoms with Crippen LogP contribution < -0.4 is 5.73 Å². The van der Waals surface area contributed by atoms with Crippen LogP contribution in [0.4, 0.5) is 0 Å². The van der Waals surface area contributed by atoms with Crippen molar-refractivity contribution in [1.82, 2.24) is 0 Å². The highest BCUT2D eigenvalue weighted by atomic mass is 16.8. The third-order valence-corrected chi connectivity index (χ3v) is 14.8. The molecule has 21 rings (SSSR count). The molecule has 0 amide bonds. The minimum atomic E-state index is -2.20. The number of hydrogen-bond acceptors (Lipinski definition) is 35. The fraction of sp³-hybridized carbons (Fsp3) is 1.00. The van der Waals surface area contributed by atoms with Gasteiger partial charge in [-0.15, -0.1) is 0 Å². The maximum Gasteiger partial charge on any atom is 0.187 e. The number of aliphatic hydroxyl groups excluding tert-OH is 20. The number of ether oxygens (including phenoxy) is 14. The van der Waals surface area contributed by atoms with Crippen LogP contribution in [0.1, 0.15) is 0 Å². The molecule has 21 fully saturated rings. The molecule has 21 heterocycles. The lowest BCUT2D eigenvalue weighted by atomic mass is 9.95. The van der Waals surface area contributed by atoms with E-state index in [2.05, 4.69) is 0 Å². The first-order valence-corrected chi connectivity index (χ1v) is 24.7. The van der Waals surface area contributed by atoms with Gasteiger partial charge in [0.25, 0.3) is 0 Å². The molecular formula is C42H71NO34. The molecule has 0 unspecified atom stereocenters. The molecule has 0 spiro atoms. The predicted octanol–water partition coefficient (Wildman–Crippen LogP) is -15.3. The lowest BCUT2D eigenvalue weighted by Gasteiger charge is -2.50. The first-order chi connectivity index (χ1) is 36.7. The summed E-state index contributed by atoms with van der Waals surface area (Å²) in [5, 5.41) is 220.